The van der Waals surface area contributed by atoms with Gasteiger partial charge < -0.3 is 9.47 Å². The van der Waals surface area contributed by atoms with E-state index >= 15 is 0 Å². The smallest absolute Gasteiger partial charge is 0.332 e. The summed E-state index contributed by atoms with van der Waals surface area (Å²) in [6, 6.07) is 8.74. The molecule has 0 spiro atoms. The molecule has 0 radical (unpaired) electrons. The number of halogens is 5. The number of imidazole rings is 1. The Hall–Kier alpha value is -2.56. The number of sulfone groups is 1. The topological polar surface area (TPSA) is 72.3 Å². The van der Waals surface area contributed by atoms with E-state index in [4.69, 9.17) is 23.2 Å². The average molecular weight is 588 g/mol. The van der Waals surface area contributed by atoms with Gasteiger partial charge in [0.25, 0.3) is 5.91 Å². The molecule has 1 amide bonds. The molecule has 1 aromatic heterocycles. The van der Waals surface area contributed by atoms with Crippen LogP contribution in [-0.4, -0.2) is 35.3 Å². The summed E-state index contributed by atoms with van der Waals surface area (Å²) in [5.41, 5.74) is -0.110. The highest BCUT2D eigenvalue weighted by Crippen LogP contribution is 2.39. The molecule has 12 heteroatoms. The molecule has 3 aromatic rings. The molecule has 1 aliphatic carbocycles. The third-order valence-electron chi connectivity index (χ3n) is 6.03. The second-order valence-corrected chi connectivity index (χ2v) is 12.5. The summed E-state index contributed by atoms with van der Waals surface area (Å²) in [7, 11) is -4.09. The molecule has 0 atom stereocenters. The Morgan fingerprint density at radius 2 is 1.87 bits per heavy atom. The molecule has 38 heavy (non-hydrogen) atoms. The highest BCUT2D eigenvalue weighted by atomic mass is 35.5. The monoisotopic (exact) mass is 587 g/mol. The summed E-state index contributed by atoms with van der Waals surface area (Å²) < 4.78 is 67.7. The molecule has 0 aliphatic heterocycles. The Morgan fingerprint density at radius 3 is 2.47 bits per heavy atom. The van der Waals surface area contributed by atoms with Crippen LogP contribution in [0.4, 0.5) is 13.2 Å². The SMILES string of the molecule is CC(C)CN(Cc1cnc(S(=O)(=O)Cc2cccc(C(F)(F)F)c2)n1C1CC1)C(=O)c1ccc(Cl)cc1Cl. The molecule has 0 bridgehead atoms. The first-order valence-corrected chi connectivity index (χ1v) is 14.4. The van der Waals surface area contributed by atoms with E-state index in [-0.39, 0.29) is 45.7 Å². The number of rotatable bonds is 9. The Bertz CT molecular complexity index is 1450. The first-order chi connectivity index (χ1) is 17.8. The van der Waals surface area contributed by atoms with Crippen molar-refractivity contribution in [2.24, 2.45) is 5.92 Å². The number of nitrogens with zero attached hydrogens (tertiary/aromatic N) is 3. The summed E-state index contributed by atoms with van der Waals surface area (Å²) >= 11 is 12.3. The van der Waals surface area contributed by atoms with Crippen molar-refractivity contribution < 1.29 is 26.4 Å². The molecule has 2 aromatic carbocycles. The third-order valence-corrected chi connectivity index (χ3v) is 8.15. The molecule has 0 unspecified atom stereocenters. The minimum absolute atomic E-state index is 0.0146. The number of amides is 1. The molecular formula is C26H26Cl2F3N3O3S. The third kappa shape index (κ3) is 6.52. The van der Waals surface area contributed by atoms with Gasteiger partial charge in [-0.05, 0) is 48.6 Å². The molecule has 4 rings (SSSR count). The maximum Gasteiger partial charge on any atom is 0.416 e. The molecule has 0 N–H and O–H groups in total. The van der Waals surface area contributed by atoms with Gasteiger partial charge in [0.2, 0.25) is 15.0 Å². The van der Waals surface area contributed by atoms with Crippen molar-refractivity contribution in [3.05, 3.63) is 81.1 Å². The van der Waals surface area contributed by atoms with E-state index in [0.717, 1.165) is 25.0 Å². The van der Waals surface area contributed by atoms with Crippen molar-refractivity contribution in [2.75, 3.05) is 6.54 Å². The first kappa shape index (κ1) is 28.4. The van der Waals surface area contributed by atoms with E-state index in [2.05, 4.69) is 4.98 Å². The van der Waals surface area contributed by atoms with Gasteiger partial charge in [-0.15, -0.1) is 0 Å². The fourth-order valence-electron chi connectivity index (χ4n) is 4.26. The van der Waals surface area contributed by atoms with Crippen molar-refractivity contribution in [2.45, 2.75) is 56.4 Å². The van der Waals surface area contributed by atoms with Crippen molar-refractivity contribution in [3.63, 3.8) is 0 Å². The fraction of sp³-hybridized carbons (Fsp3) is 0.385. The maximum absolute atomic E-state index is 13.4. The Kier molecular flexibility index (Phi) is 8.16. The summed E-state index contributed by atoms with van der Waals surface area (Å²) in [5, 5.41) is 0.384. The van der Waals surface area contributed by atoms with Gasteiger partial charge in [-0.3, -0.25) is 4.79 Å². The minimum atomic E-state index is -4.58. The predicted molar refractivity (Wildman–Crippen MR) is 139 cm³/mol. The number of benzene rings is 2. The van der Waals surface area contributed by atoms with Crippen LogP contribution in [0.5, 0.6) is 0 Å². The van der Waals surface area contributed by atoms with Crippen LogP contribution in [0.3, 0.4) is 0 Å². The van der Waals surface area contributed by atoms with E-state index in [1.807, 2.05) is 13.8 Å². The number of aromatic nitrogens is 2. The van der Waals surface area contributed by atoms with Gasteiger partial charge in [-0.25, -0.2) is 13.4 Å². The number of hydrogen-bond donors (Lipinski definition) is 0. The van der Waals surface area contributed by atoms with Crippen LogP contribution in [0.1, 0.15) is 59.9 Å². The Labute approximate surface area is 229 Å². The van der Waals surface area contributed by atoms with Gasteiger partial charge in [0, 0.05) is 17.6 Å². The molecule has 0 saturated heterocycles. The van der Waals surface area contributed by atoms with Crippen LogP contribution >= 0.6 is 23.2 Å². The van der Waals surface area contributed by atoms with Crippen molar-refractivity contribution in [1.82, 2.24) is 14.5 Å². The summed E-state index contributed by atoms with van der Waals surface area (Å²) in [6.07, 6.45) is -1.70. The first-order valence-electron chi connectivity index (χ1n) is 12.0. The van der Waals surface area contributed by atoms with Gasteiger partial charge >= 0.3 is 6.18 Å². The lowest BCUT2D eigenvalue weighted by Crippen LogP contribution is -2.34. The zero-order chi connectivity index (χ0) is 27.8. The van der Waals surface area contributed by atoms with E-state index in [9.17, 15) is 26.4 Å². The summed E-state index contributed by atoms with van der Waals surface area (Å²) in [4.78, 5) is 19.2. The predicted octanol–water partition coefficient (Wildman–Crippen LogP) is 6.82. The normalized spacial score (nSPS) is 14.2. The van der Waals surface area contributed by atoms with Gasteiger partial charge in [0.05, 0.1) is 40.3 Å². The summed E-state index contributed by atoms with van der Waals surface area (Å²) in [6.45, 7) is 4.36. The van der Waals surface area contributed by atoms with Crippen molar-refractivity contribution in [1.29, 1.82) is 0 Å². The molecule has 1 saturated carbocycles. The van der Waals surface area contributed by atoms with Gasteiger partial charge in [-0.2, -0.15) is 13.2 Å². The van der Waals surface area contributed by atoms with E-state index in [1.165, 1.54) is 24.4 Å². The molecule has 1 fully saturated rings. The lowest BCUT2D eigenvalue weighted by molar-refractivity contribution is -0.137. The van der Waals surface area contributed by atoms with Gasteiger partial charge in [0.15, 0.2) is 0 Å². The zero-order valence-electron chi connectivity index (χ0n) is 20.7. The molecular weight excluding hydrogens is 562 g/mol. The fourth-order valence-corrected chi connectivity index (χ4v) is 6.27. The number of carbonyl (C=O) groups is 1. The van der Waals surface area contributed by atoms with Crippen molar-refractivity contribution in [3.8, 4) is 0 Å². The summed E-state index contributed by atoms with van der Waals surface area (Å²) in [5.74, 6) is -0.863. The molecule has 1 heterocycles. The molecule has 1 aliphatic rings. The van der Waals surface area contributed by atoms with Crippen LogP contribution in [-0.2, 0) is 28.3 Å². The van der Waals surface area contributed by atoms with E-state index in [0.29, 0.717) is 17.3 Å². The second-order valence-electron chi connectivity index (χ2n) is 9.79. The lowest BCUT2D eigenvalue weighted by atomic mass is 10.1. The Balaban J connectivity index is 1.66. The molecule has 6 nitrogen and oxygen atoms in total. The average Bonchev–Trinajstić information content (AvgIpc) is 3.56. The minimum Gasteiger partial charge on any atom is -0.332 e. The standard InChI is InChI=1S/C26H26Cl2F3N3O3S/c1-16(2)13-33(24(35)22-9-6-19(27)11-23(22)28)14-21-12-32-25(34(21)20-7-8-20)38(36,37)15-17-4-3-5-18(10-17)26(29,30)31/h3-6,9-12,16,20H,7-8,13-15H2,1-2H3. The van der Waals surface area contributed by atoms with Crippen molar-refractivity contribution >= 4 is 38.9 Å². The highest BCUT2D eigenvalue weighted by molar-refractivity contribution is 7.90. The van der Waals surface area contributed by atoms with Gasteiger partial charge in [0.1, 0.15) is 0 Å². The number of alkyl halides is 3. The Morgan fingerprint density at radius 1 is 1.16 bits per heavy atom. The number of hydrogen-bond acceptors (Lipinski definition) is 4. The lowest BCUT2D eigenvalue weighted by Gasteiger charge is -2.26. The van der Waals surface area contributed by atoms with Crippen LogP contribution in [0.15, 0.2) is 53.8 Å². The van der Waals surface area contributed by atoms with Crippen LogP contribution < -0.4 is 0 Å². The van der Waals surface area contributed by atoms with E-state index < -0.39 is 27.3 Å². The second kappa shape index (κ2) is 10.9. The van der Waals surface area contributed by atoms with Crippen LogP contribution in [0.2, 0.25) is 10.0 Å². The molecule has 204 valence electrons. The van der Waals surface area contributed by atoms with Crippen LogP contribution in [0, 0.1) is 5.92 Å². The largest absolute Gasteiger partial charge is 0.416 e. The van der Waals surface area contributed by atoms with E-state index in [1.54, 1.807) is 21.6 Å². The highest BCUT2D eigenvalue weighted by Gasteiger charge is 2.35. The van der Waals surface area contributed by atoms with Gasteiger partial charge in [-0.1, -0.05) is 55.2 Å². The van der Waals surface area contributed by atoms with Crippen LogP contribution in [0.25, 0.3) is 0 Å². The zero-order valence-corrected chi connectivity index (χ0v) is 23.0. The number of carbonyl (C=O) groups excluding carboxylic acids is 1. The maximum atomic E-state index is 13.4. The quantitative estimate of drug-likeness (QED) is 0.275.